The van der Waals surface area contributed by atoms with E-state index in [1.165, 1.54) is 12.8 Å². The molecular weight excluding hydrogens is 620 g/mol. The number of allylic oxidation sites excluding steroid dienone is 6. The fourth-order valence-corrected chi connectivity index (χ4v) is 5.25. The summed E-state index contributed by atoms with van der Waals surface area (Å²) in [6, 6.07) is 0. The van der Waals surface area contributed by atoms with Crippen molar-refractivity contribution in [1.29, 1.82) is 0 Å². The smallest absolute Gasteiger partial charge is 0.397 e. The zero-order valence-corrected chi connectivity index (χ0v) is 28.4. The molecule has 1 saturated heterocycles. The minimum Gasteiger partial charge on any atom is -0.457 e. The Bertz CT molecular complexity index is 968. The molecule has 0 aromatic rings. The molecule has 6 unspecified atom stereocenters. The fraction of sp³-hybridized carbons (Fsp3) is 0.788. The van der Waals surface area contributed by atoms with E-state index in [2.05, 4.69) is 47.6 Å². The van der Waals surface area contributed by atoms with Gasteiger partial charge in [0.2, 0.25) is 0 Å². The maximum absolute atomic E-state index is 12.4. The van der Waals surface area contributed by atoms with E-state index in [1.54, 1.807) is 0 Å². The second-order valence-electron chi connectivity index (χ2n) is 11.4. The van der Waals surface area contributed by atoms with E-state index in [0.717, 1.165) is 64.2 Å². The molecule has 0 amide bonds. The van der Waals surface area contributed by atoms with Crippen LogP contribution in [0.4, 0.5) is 0 Å². The number of unbranched alkanes of at least 4 members (excludes halogenated alkanes) is 8. The molecule has 46 heavy (non-hydrogen) atoms. The molecule has 0 radical (unpaired) electrons. The fourth-order valence-electron chi connectivity index (χ4n) is 4.74. The minimum absolute atomic E-state index is 0.0241. The normalized spacial score (nSPS) is 23.1. The Morgan fingerprint density at radius 1 is 0.848 bits per heavy atom. The molecule has 0 saturated carbocycles. The number of hydrogen-bond acceptors (Lipinski definition) is 11. The Kier molecular flexibility index (Phi) is 24.2. The van der Waals surface area contributed by atoms with Crippen molar-refractivity contribution in [3.05, 3.63) is 36.5 Å². The van der Waals surface area contributed by atoms with Crippen molar-refractivity contribution in [1.82, 2.24) is 0 Å². The second kappa shape index (κ2) is 26.3. The zero-order valence-electron chi connectivity index (χ0n) is 27.6. The second-order valence-corrected chi connectivity index (χ2v) is 12.4. The highest BCUT2D eigenvalue weighted by Crippen LogP contribution is 2.26. The highest BCUT2D eigenvalue weighted by molar-refractivity contribution is 7.80. The van der Waals surface area contributed by atoms with Crippen LogP contribution < -0.4 is 0 Å². The molecule has 1 rings (SSSR count). The number of esters is 1. The van der Waals surface area contributed by atoms with Crippen LogP contribution in [0.25, 0.3) is 0 Å². The van der Waals surface area contributed by atoms with Gasteiger partial charge >= 0.3 is 16.4 Å². The third-order valence-electron chi connectivity index (χ3n) is 7.28. The van der Waals surface area contributed by atoms with Gasteiger partial charge in [0, 0.05) is 13.0 Å². The monoisotopic (exact) mass is 678 g/mol. The van der Waals surface area contributed by atoms with Gasteiger partial charge in [-0.05, 0) is 44.9 Å². The molecule has 6 atom stereocenters. The van der Waals surface area contributed by atoms with E-state index >= 15 is 0 Å². The first-order valence-corrected chi connectivity index (χ1v) is 18.1. The van der Waals surface area contributed by atoms with Crippen LogP contribution in [0.15, 0.2) is 36.5 Å². The van der Waals surface area contributed by atoms with E-state index in [4.69, 9.17) is 23.5 Å². The predicted octanol–water partition coefficient (Wildman–Crippen LogP) is 4.73. The highest BCUT2D eigenvalue weighted by Gasteiger charge is 2.48. The number of carbonyl (C=O) groups is 1. The topological polar surface area (TPSA) is 178 Å². The molecule has 12 nitrogen and oxygen atoms in total. The Hall–Kier alpha value is -1.68. The van der Waals surface area contributed by atoms with Crippen LogP contribution in [0.5, 0.6) is 0 Å². The van der Waals surface area contributed by atoms with Crippen molar-refractivity contribution in [2.45, 2.75) is 141 Å². The first-order valence-electron chi connectivity index (χ1n) is 16.7. The molecule has 1 aliphatic rings. The van der Waals surface area contributed by atoms with E-state index in [0.29, 0.717) is 13.0 Å². The number of hydrogen-bond donors (Lipinski definition) is 4. The molecule has 0 spiro atoms. The first-order chi connectivity index (χ1) is 22.1. The van der Waals surface area contributed by atoms with Crippen molar-refractivity contribution < 1.29 is 56.2 Å². The number of aliphatic hydroxyl groups is 3. The van der Waals surface area contributed by atoms with Gasteiger partial charge in [-0.15, -0.1) is 0 Å². The van der Waals surface area contributed by atoms with E-state index in [-0.39, 0.29) is 19.6 Å². The maximum Gasteiger partial charge on any atom is 0.397 e. The average molecular weight is 679 g/mol. The Labute approximate surface area is 275 Å². The number of carbonyl (C=O) groups excluding carboxylic acids is 1. The maximum atomic E-state index is 12.4. The third kappa shape index (κ3) is 20.5. The largest absolute Gasteiger partial charge is 0.457 e. The lowest BCUT2D eigenvalue weighted by molar-refractivity contribution is -0.301. The van der Waals surface area contributed by atoms with Gasteiger partial charge in [0.25, 0.3) is 0 Å². The van der Waals surface area contributed by atoms with Gasteiger partial charge in [0.1, 0.15) is 30.5 Å². The van der Waals surface area contributed by atoms with Gasteiger partial charge in [-0.3, -0.25) is 9.35 Å². The van der Waals surface area contributed by atoms with E-state index < -0.39 is 59.8 Å². The summed E-state index contributed by atoms with van der Waals surface area (Å²) in [6.07, 6.45) is 17.2. The van der Waals surface area contributed by atoms with Crippen LogP contribution in [0.2, 0.25) is 0 Å². The predicted molar refractivity (Wildman–Crippen MR) is 174 cm³/mol. The zero-order chi connectivity index (χ0) is 34.0. The van der Waals surface area contributed by atoms with Crippen molar-refractivity contribution in [2.75, 3.05) is 26.4 Å². The molecule has 268 valence electrons. The molecule has 0 aliphatic carbocycles. The summed E-state index contributed by atoms with van der Waals surface area (Å²) in [5.41, 5.74) is 0. The number of rotatable bonds is 27. The lowest BCUT2D eigenvalue weighted by Gasteiger charge is -2.41. The molecule has 0 bridgehead atoms. The summed E-state index contributed by atoms with van der Waals surface area (Å²) >= 11 is 0. The summed E-state index contributed by atoms with van der Waals surface area (Å²) in [4.78, 5) is 12.4. The van der Waals surface area contributed by atoms with Crippen molar-refractivity contribution >= 4 is 16.4 Å². The Morgan fingerprint density at radius 3 is 2.15 bits per heavy atom. The van der Waals surface area contributed by atoms with Crippen LogP contribution >= 0.6 is 0 Å². The Morgan fingerprint density at radius 2 is 1.50 bits per heavy atom. The SMILES string of the molecule is CC/C=C\C/C=C\C/C=C\CCCCCCCCOCC(COC1OC(CO)C(O)C(OS(=O)(=O)O)C1O)OC(=O)CCCCC. The van der Waals surface area contributed by atoms with Gasteiger partial charge in [0.05, 0.1) is 19.8 Å². The van der Waals surface area contributed by atoms with E-state index in [1.807, 2.05) is 6.92 Å². The molecular formula is C33H58O12S. The van der Waals surface area contributed by atoms with Gasteiger partial charge in [-0.2, -0.15) is 8.42 Å². The minimum atomic E-state index is -5.05. The Balaban J connectivity index is 2.42. The highest BCUT2D eigenvalue weighted by atomic mass is 32.3. The van der Waals surface area contributed by atoms with Gasteiger partial charge in [0.15, 0.2) is 6.29 Å². The lowest BCUT2D eigenvalue weighted by atomic mass is 9.99. The summed E-state index contributed by atoms with van der Waals surface area (Å²) in [6.45, 7) is 3.61. The molecule has 0 aromatic heterocycles. The molecule has 1 heterocycles. The molecule has 1 fully saturated rings. The third-order valence-corrected chi connectivity index (χ3v) is 7.74. The van der Waals surface area contributed by atoms with Gasteiger partial charge in [-0.25, -0.2) is 4.18 Å². The van der Waals surface area contributed by atoms with E-state index in [9.17, 15) is 28.5 Å². The lowest BCUT2D eigenvalue weighted by Crippen LogP contribution is -2.60. The first kappa shape index (κ1) is 42.3. The summed E-state index contributed by atoms with van der Waals surface area (Å²) < 4.78 is 58.1. The number of aliphatic hydroxyl groups excluding tert-OH is 3. The van der Waals surface area contributed by atoms with Crippen LogP contribution in [0.3, 0.4) is 0 Å². The van der Waals surface area contributed by atoms with Crippen molar-refractivity contribution in [3.8, 4) is 0 Å². The van der Waals surface area contributed by atoms with Crippen LogP contribution in [-0.2, 0) is 38.3 Å². The molecule has 1 aliphatic heterocycles. The molecule has 13 heteroatoms. The molecule has 0 aromatic carbocycles. The van der Waals surface area contributed by atoms with Crippen molar-refractivity contribution in [2.24, 2.45) is 0 Å². The summed E-state index contributed by atoms with van der Waals surface area (Å²) in [5, 5.41) is 30.2. The van der Waals surface area contributed by atoms with Gasteiger partial charge in [-0.1, -0.05) is 88.8 Å². The van der Waals surface area contributed by atoms with Crippen molar-refractivity contribution in [3.63, 3.8) is 0 Å². The summed E-state index contributed by atoms with van der Waals surface area (Å²) in [5.74, 6) is -0.432. The van der Waals surface area contributed by atoms with Crippen LogP contribution in [0, 0.1) is 0 Å². The average Bonchev–Trinajstić information content (AvgIpc) is 3.01. The van der Waals surface area contributed by atoms with Crippen LogP contribution in [0.1, 0.15) is 104 Å². The quantitative estimate of drug-likeness (QED) is 0.0407. The molecule has 4 N–H and O–H groups in total. The van der Waals surface area contributed by atoms with Crippen LogP contribution in [-0.4, -0.2) is 97.5 Å². The number of ether oxygens (including phenoxy) is 4. The van der Waals surface area contributed by atoms with Gasteiger partial charge < -0.3 is 34.3 Å². The standard InChI is InChI=1S/C33H58O12S/c1-3-5-7-8-9-10-11-12-13-14-15-16-17-18-19-21-23-41-25-27(43-29(35)22-20-6-4-2)26-42-33-31(37)32(45-46(38,39)40)30(36)28(24-34)44-33/h5,7,9-10,12-13,27-28,30-34,36-37H,3-4,6,8,11,14-26H2,1-2H3,(H,38,39,40)/b7-5-,10-9-,13-12-. The summed E-state index contributed by atoms with van der Waals surface area (Å²) in [7, 11) is -5.05.